The first-order valence-corrected chi connectivity index (χ1v) is 5.34. The van der Waals surface area contributed by atoms with Crippen molar-refractivity contribution >= 4 is 16.7 Å². The van der Waals surface area contributed by atoms with E-state index in [9.17, 15) is 9.60 Å². The van der Waals surface area contributed by atoms with Crippen LogP contribution < -0.4 is 9.58 Å². The lowest BCUT2D eigenvalue weighted by Gasteiger charge is -2.04. The van der Waals surface area contributed by atoms with E-state index in [-0.39, 0.29) is 17.8 Å². The fourth-order valence-electron chi connectivity index (χ4n) is 1.78. The van der Waals surface area contributed by atoms with Gasteiger partial charge in [0, 0.05) is 17.2 Å². The Bertz CT molecular complexity index is 822. The summed E-state index contributed by atoms with van der Waals surface area (Å²) in [4.78, 5) is 0.348. The summed E-state index contributed by atoms with van der Waals surface area (Å²) in [7, 11) is 0. The molecule has 0 aliphatic heterocycles. The van der Waals surface area contributed by atoms with Crippen molar-refractivity contribution in [3.63, 3.8) is 0 Å². The molecule has 0 saturated carbocycles. The van der Waals surface area contributed by atoms with E-state index in [0.29, 0.717) is 16.1 Å². The fraction of sp³-hybridized carbons (Fsp3) is 0.0833. The van der Waals surface area contributed by atoms with Crippen molar-refractivity contribution in [1.82, 2.24) is 14.7 Å². The minimum Gasteiger partial charge on any atom is -0.594 e. The van der Waals surface area contributed by atoms with Gasteiger partial charge >= 0.3 is 0 Å². The Kier molecular flexibility index (Phi) is 2.42. The molecule has 0 aliphatic rings. The van der Waals surface area contributed by atoms with Gasteiger partial charge in [0.25, 0.3) is 11.2 Å². The highest BCUT2D eigenvalue weighted by Crippen LogP contribution is 2.19. The number of nitrogens with zero attached hydrogens (tertiary/aromatic N) is 4. The number of terminal acetylenes is 1. The van der Waals surface area contributed by atoms with Crippen LogP contribution in [0.4, 0.5) is 4.39 Å². The minimum absolute atomic E-state index is 0.102. The van der Waals surface area contributed by atoms with Crippen LogP contribution in [0.25, 0.3) is 16.7 Å². The van der Waals surface area contributed by atoms with Crippen molar-refractivity contribution in [2.75, 3.05) is 6.61 Å². The first-order chi connectivity index (χ1) is 9.20. The van der Waals surface area contributed by atoms with E-state index in [1.807, 2.05) is 0 Å². The Labute approximate surface area is 106 Å². The van der Waals surface area contributed by atoms with E-state index < -0.39 is 5.82 Å². The lowest BCUT2D eigenvalue weighted by atomic mass is 10.3. The molecule has 94 valence electrons. The van der Waals surface area contributed by atoms with Crippen LogP contribution >= 0.6 is 0 Å². The maximum Gasteiger partial charge on any atom is 0.270 e. The van der Waals surface area contributed by atoms with Gasteiger partial charge in [0.2, 0.25) is 0 Å². The maximum absolute atomic E-state index is 13.4. The average molecular weight is 258 g/mol. The van der Waals surface area contributed by atoms with E-state index in [4.69, 9.17) is 11.2 Å². The predicted molar refractivity (Wildman–Crippen MR) is 63.7 cm³/mol. The lowest BCUT2D eigenvalue weighted by molar-refractivity contribution is -0.640. The average Bonchev–Trinajstić information content (AvgIpc) is 2.78. The van der Waals surface area contributed by atoms with Gasteiger partial charge in [-0.25, -0.2) is 8.91 Å². The van der Waals surface area contributed by atoms with Gasteiger partial charge in [-0.05, 0) is 10.9 Å². The summed E-state index contributed by atoms with van der Waals surface area (Å²) < 4.78 is 19.9. The molecular weight excluding hydrogens is 251 g/mol. The quantitative estimate of drug-likeness (QED) is 0.385. The Hall–Kier alpha value is -2.88. The molecule has 19 heavy (non-hydrogen) atoms. The third-order valence-electron chi connectivity index (χ3n) is 2.59. The molecule has 2 heterocycles. The van der Waals surface area contributed by atoms with Crippen LogP contribution in [0.2, 0.25) is 0 Å². The molecule has 1 aromatic carbocycles. The molecule has 0 unspecified atom stereocenters. The molecule has 0 N–H and O–H groups in total. The molecule has 2 aromatic heterocycles. The largest absolute Gasteiger partial charge is 0.594 e. The number of ether oxygens (including phenoxy) is 1. The SMILES string of the molecule is C#CCOc1ccc2c(c1)n1ncc(F)c1n[n+]2[O-]. The second kappa shape index (κ2) is 4.10. The number of hydrogen-bond donors (Lipinski definition) is 0. The lowest BCUT2D eigenvalue weighted by Crippen LogP contribution is -2.33. The number of rotatable bonds is 2. The molecular formula is C12H7FN4O2. The zero-order valence-electron chi connectivity index (χ0n) is 9.58. The van der Waals surface area contributed by atoms with Crippen LogP contribution in [0.5, 0.6) is 5.75 Å². The monoisotopic (exact) mass is 258 g/mol. The molecule has 7 heteroatoms. The van der Waals surface area contributed by atoms with Crippen molar-refractivity contribution in [1.29, 1.82) is 0 Å². The van der Waals surface area contributed by atoms with Crippen LogP contribution in [0.15, 0.2) is 24.4 Å². The zero-order valence-corrected chi connectivity index (χ0v) is 9.58. The van der Waals surface area contributed by atoms with Gasteiger partial charge in [-0.1, -0.05) is 5.92 Å². The second-order valence-electron chi connectivity index (χ2n) is 3.74. The Morgan fingerprint density at radius 1 is 1.53 bits per heavy atom. The summed E-state index contributed by atoms with van der Waals surface area (Å²) in [6.07, 6.45) is 6.10. The Morgan fingerprint density at radius 2 is 2.37 bits per heavy atom. The van der Waals surface area contributed by atoms with Gasteiger partial charge in [-0.3, -0.25) is 0 Å². The van der Waals surface area contributed by atoms with Gasteiger partial charge in [0.05, 0.1) is 6.20 Å². The summed E-state index contributed by atoms with van der Waals surface area (Å²) >= 11 is 0. The van der Waals surface area contributed by atoms with Gasteiger partial charge in [0.1, 0.15) is 17.9 Å². The molecule has 0 amide bonds. The summed E-state index contributed by atoms with van der Waals surface area (Å²) in [6, 6.07) is 4.66. The van der Waals surface area contributed by atoms with Gasteiger partial charge < -0.3 is 9.94 Å². The van der Waals surface area contributed by atoms with E-state index in [1.54, 1.807) is 12.1 Å². The van der Waals surface area contributed by atoms with Gasteiger partial charge in [0.15, 0.2) is 5.82 Å². The maximum atomic E-state index is 13.4. The van der Waals surface area contributed by atoms with Crippen LogP contribution in [-0.2, 0) is 0 Å². The standard InChI is InChI=1S/C12H7FN4O2/c1-2-5-19-8-3-4-10-11(6-8)16-12(15-17(10)18)9(13)7-14-16/h1,3-4,6-7H,5H2. The number of aromatic nitrogens is 4. The predicted octanol–water partition coefficient (Wildman–Crippen LogP) is 0.667. The molecule has 6 nitrogen and oxygen atoms in total. The molecule has 3 rings (SSSR count). The summed E-state index contributed by atoms with van der Waals surface area (Å²) in [5.74, 6) is 2.13. The highest BCUT2D eigenvalue weighted by Gasteiger charge is 2.16. The normalized spacial score (nSPS) is 10.7. The molecule has 0 bridgehead atoms. The van der Waals surface area contributed by atoms with Crippen molar-refractivity contribution in [2.45, 2.75) is 0 Å². The topological polar surface area (TPSA) is 66.4 Å². The van der Waals surface area contributed by atoms with Crippen molar-refractivity contribution in [3.8, 4) is 18.1 Å². The zero-order chi connectivity index (χ0) is 13.4. The smallest absolute Gasteiger partial charge is 0.270 e. The number of fused-ring (bicyclic) bond motifs is 3. The van der Waals surface area contributed by atoms with Crippen molar-refractivity contribution in [2.24, 2.45) is 0 Å². The highest BCUT2D eigenvalue weighted by molar-refractivity contribution is 5.75. The Morgan fingerprint density at radius 3 is 3.16 bits per heavy atom. The molecule has 0 fully saturated rings. The van der Waals surface area contributed by atoms with E-state index in [0.717, 1.165) is 6.20 Å². The number of halogens is 1. The molecule has 0 atom stereocenters. The van der Waals surface area contributed by atoms with Crippen LogP contribution in [0, 0.1) is 23.4 Å². The van der Waals surface area contributed by atoms with E-state index >= 15 is 0 Å². The number of benzene rings is 1. The summed E-state index contributed by atoms with van der Waals surface area (Å²) in [6.45, 7) is 0.102. The minimum atomic E-state index is -0.665. The van der Waals surface area contributed by atoms with Crippen LogP contribution in [0.3, 0.4) is 0 Å². The highest BCUT2D eigenvalue weighted by atomic mass is 19.1. The third kappa shape index (κ3) is 1.70. The second-order valence-corrected chi connectivity index (χ2v) is 3.74. The number of hydrogen-bond acceptors (Lipinski definition) is 4. The van der Waals surface area contributed by atoms with E-state index in [2.05, 4.69) is 16.1 Å². The van der Waals surface area contributed by atoms with Gasteiger partial charge in [-0.15, -0.1) is 6.42 Å². The first-order valence-electron chi connectivity index (χ1n) is 5.34. The van der Waals surface area contributed by atoms with Crippen molar-refractivity contribution in [3.05, 3.63) is 35.4 Å². The Balaban J connectivity index is 2.30. The van der Waals surface area contributed by atoms with Crippen LogP contribution in [-0.4, -0.2) is 21.3 Å². The first kappa shape index (κ1) is 11.2. The molecule has 3 aromatic rings. The third-order valence-corrected chi connectivity index (χ3v) is 2.59. The molecule has 0 spiro atoms. The van der Waals surface area contributed by atoms with Crippen LogP contribution in [0.1, 0.15) is 0 Å². The van der Waals surface area contributed by atoms with E-state index in [1.165, 1.54) is 10.6 Å². The molecule has 0 aliphatic carbocycles. The summed E-state index contributed by atoms with van der Waals surface area (Å²) in [5, 5.41) is 19.1. The summed E-state index contributed by atoms with van der Waals surface area (Å²) in [5.41, 5.74) is 0.499. The van der Waals surface area contributed by atoms with Crippen molar-refractivity contribution < 1.29 is 14.0 Å². The molecule has 0 saturated heterocycles. The molecule has 0 radical (unpaired) electrons. The van der Waals surface area contributed by atoms with Gasteiger partial charge in [-0.2, -0.15) is 5.10 Å². The fourth-order valence-corrected chi connectivity index (χ4v) is 1.78.